The quantitative estimate of drug-likeness (QED) is 0.668. The number of carboxylic acid groups (broad SMARTS) is 1. The van der Waals surface area contributed by atoms with Crippen LogP contribution in [0.2, 0.25) is 0 Å². The Bertz CT molecular complexity index is 668. The molecule has 2 aromatic rings. The largest absolute Gasteiger partial charge is 0.478 e. The average molecular weight is 323 g/mol. The molecule has 1 N–H and O–H groups in total. The monoisotopic (exact) mass is 323 g/mol. The minimum absolute atomic E-state index is 0.163. The smallest absolute Gasteiger partial charge is 0.340 e. The molecule has 0 bridgehead atoms. The summed E-state index contributed by atoms with van der Waals surface area (Å²) in [5.74, 6) is 0.530. The van der Waals surface area contributed by atoms with Crippen LogP contribution >= 0.6 is 23.1 Å². The normalized spacial score (nSPS) is 11.1. The van der Waals surface area contributed by atoms with Crippen LogP contribution in [0.5, 0.6) is 0 Å². The van der Waals surface area contributed by atoms with Crippen molar-refractivity contribution in [1.29, 1.82) is 0 Å². The van der Waals surface area contributed by atoms with Crippen molar-refractivity contribution in [1.82, 2.24) is 15.0 Å². The van der Waals surface area contributed by atoms with Gasteiger partial charge < -0.3 is 5.11 Å². The number of thioether (sulfide) groups is 1. The molecule has 0 unspecified atom stereocenters. The topological polar surface area (TPSA) is 76.0 Å². The van der Waals surface area contributed by atoms with E-state index in [1.807, 2.05) is 27.0 Å². The van der Waals surface area contributed by atoms with Gasteiger partial charge in [-0.25, -0.2) is 19.7 Å². The van der Waals surface area contributed by atoms with Gasteiger partial charge in [0.25, 0.3) is 0 Å². The molecule has 21 heavy (non-hydrogen) atoms. The molecule has 112 valence electrons. The van der Waals surface area contributed by atoms with Gasteiger partial charge in [0.2, 0.25) is 0 Å². The van der Waals surface area contributed by atoms with Crippen LogP contribution in [0.25, 0.3) is 0 Å². The van der Waals surface area contributed by atoms with Crippen LogP contribution in [-0.2, 0) is 5.75 Å². The molecule has 2 aromatic heterocycles. The number of aryl methyl sites for hydroxylation is 2. The standard InChI is InChI=1S/C14H17N3O2S2/c1-7(2)12-16-8(3)11(14(18)19)13(17-12)20-6-10-5-15-9(4)21-10/h5,7H,6H2,1-4H3,(H,18,19). The van der Waals surface area contributed by atoms with Crippen molar-refractivity contribution >= 4 is 29.1 Å². The second-order valence-electron chi connectivity index (χ2n) is 4.94. The van der Waals surface area contributed by atoms with E-state index in [4.69, 9.17) is 0 Å². The summed E-state index contributed by atoms with van der Waals surface area (Å²) in [6, 6.07) is 0. The van der Waals surface area contributed by atoms with Crippen molar-refractivity contribution in [2.75, 3.05) is 0 Å². The van der Waals surface area contributed by atoms with Crippen LogP contribution in [0.3, 0.4) is 0 Å². The summed E-state index contributed by atoms with van der Waals surface area (Å²) in [5.41, 5.74) is 0.717. The maximum Gasteiger partial charge on any atom is 0.340 e. The van der Waals surface area contributed by atoms with Crippen molar-refractivity contribution in [3.8, 4) is 0 Å². The maximum atomic E-state index is 11.4. The number of carboxylic acids is 1. The first kappa shape index (κ1) is 15.9. The van der Waals surface area contributed by atoms with Gasteiger partial charge in [-0.3, -0.25) is 0 Å². The zero-order valence-electron chi connectivity index (χ0n) is 12.4. The second-order valence-corrected chi connectivity index (χ2v) is 7.22. The van der Waals surface area contributed by atoms with Crippen LogP contribution in [0.4, 0.5) is 0 Å². The highest BCUT2D eigenvalue weighted by Crippen LogP contribution is 2.29. The van der Waals surface area contributed by atoms with E-state index < -0.39 is 5.97 Å². The first-order valence-electron chi connectivity index (χ1n) is 6.54. The zero-order valence-corrected chi connectivity index (χ0v) is 14.0. The lowest BCUT2D eigenvalue weighted by molar-refractivity contribution is 0.0690. The Kier molecular flexibility index (Phi) is 4.95. The molecule has 0 aromatic carbocycles. The SMILES string of the molecule is Cc1ncc(CSc2nc(C(C)C)nc(C)c2C(=O)O)s1. The first-order chi connectivity index (χ1) is 9.88. The molecule has 0 aliphatic heterocycles. The summed E-state index contributed by atoms with van der Waals surface area (Å²) < 4.78 is 0. The molecule has 0 saturated heterocycles. The van der Waals surface area contributed by atoms with Crippen LogP contribution in [0.15, 0.2) is 11.2 Å². The fraction of sp³-hybridized carbons (Fsp3) is 0.429. The number of hydrogen-bond acceptors (Lipinski definition) is 6. The van der Waals surface area contributed by atoms with Crippen molar-refractivity contribution < 1.29 is 9.90 Å². The number of carbonyl (C=O) groups is 1. The van der Waals surface area contributed by atoms with Gasteiger partial charge in [0.15, 0.2) is 0 Å². The molecule has 0 radical (unpaired) electrons. The molecular weight excluding hydrogens is 306 g/mol. The molecule has 0 fully saturated rings. The Morgan fingerprint density at radius 1 is 1.38 bits per heavy atom. The highest BCUT2D eigenvalue weighted by molar-refractivity contribution is 7.98. The Morgan fingerprint density at radius 3 is 2.62 bits per heavy atom. The average Bonchev–Trinajstić information content (AvgIpc) is 2.80. The van der Waals surface area contributed by atoms with Crippen LogP contribution in [-0.4, -0.2) is 26.0 Å². The van der Waals surface area contributed by atoms with E-state index >= 15 is 0 Å². The van der Waals surface area contributed by atoms with E-state index in [2.05, 4.69) is 15.0 Å². The molecule has 0 atom stereocenters. The van der Waals surface area contributed by atoms with Crippen molar-refractivity contribution in [3.05, 3.63) is 33.2 Å². The van der Waals surface area contributed by atoms with Crippen LogP contribution < -0.4 is 0 Å². The van der Waals surface area contributed by atoms with Gasteiger partial charge in [0.05, 0.1) is 10.7 Å². The Labute approximate surface area is 131 Å². The summed E-state index contributed by atoms with van der Waals surface area (Å²) in [6.45, 7) is 7.66. The number of aromatic nitrogens is 3. The molecule has 2 rings (SSSR count). The van der Waals surface area contributed by atoms with E-state index in [1.54, 1.807) is 18.3 Å². The second kappa shape index (κ2) is 6.53. The van der Waals surface area contributed by atoms with Crippen molar-refractivity contribution in [2.45, 2.75) is 44.4 Å². The summed E-state index contributed by atoms with van der Waals surface area (Å²) in [4.78, 5) is 25.5. The molecule has 7 heteroatoms. The molecule has 0 amide bonds. The van der Waals surface area contributed by atoms with Gasteiger partial charge in [-0.15, -0.1) is 11.3 Å². The van der Waals surface area contributed by atoms with Crippen molar-refractivity contribution in [3.63, 3.8) is 0 Å². The first-order valence-corrected chi connectivity index (χ1v) is 8.34. The van der Waals surface area contributed by atoms with Gasteiger partial charge in [0, 0.05) is 22.7 Å². The molecular formula is C14H17N3O2S2. The lowest BCUT2D eigenvalue weighted by atomic mass is 10.2. The fourth-order valence-electron chi connectivity index (χ4n) is 1.79. The highest BCUT2D eigenvalue weighted by atomic mass is 32.2. The van der Waals surface area contributed by atoms with Crippen LogP contribution in [0, 0.1) is 13.8 Å². The highest BCUT2D eigenvalue weighted by Gasteiger charge is 2.19. The van der Waals surface area contributed by atoms with Gasteiger partial charge in [0.1, 0.15) is 16.4 Å². The molecule has 2 heterocycles. The summed E-state index contributed by atoms with van der Waals surface area (Å²) in [6.07, 6.45) is 1.82. The third-order valence-electron chi connectivity index (χ3n) is 2.82. The number of nitrogens with zero attached hydrogens (tertiary/aromatic N) is 3. The number of thiazole rings is 1. The molecule has 0 saturated carbocycles. The van der Waals surface area contributed by atoms with Crippen LogP contribution in [0.1, 0.15) is 51.5 Å². The predicted molar refractivity (Wildman–Crippen MR) is 84.2 cm³/mol. The molecule has 0 aliphatic carbocycles. The van der Waals surface area contributed by atoms with Gasteiger partial charge in [-0.2, -0.15) is 0 Å². The lowest BCUT2D eigenvalue weighted by Crippen LogP contribution is -2.10. The van der Waals surface area contributed by atoms with E-state index in [9.17, 15) is 9.90 Å². The Hall–Kier alpha value is -1.47. The van der Waals surface area contributed by atoms with Gasteiger partial charge in [-0.05, 0) is 13.8 Å². The minimum Gasteiger partial charge on any atom is -0.478 e. The van der Waals surface area contributed by atoms with E-state index in [0.717, 1.165) is 9.88 Å². The zero-order chi connectivity index (χ0) is 15.6. The summed E-state index contributed by atoms with van der Waals surface area (Å²) in [5, 5.41) is 10.9. The third kappa shape index (κ3) is 3.79. The van der Waals surface area contributed by atoms with E-state index in [1.165, 1.54) is 11.8 Å². The van der Waals surface area contributed by atoms with E-state index in [-0.39, 0.29) is 11.5 Å². The minimum atomic E-state index is -0.981. The van der Waals surface area contributed by atoms with E-state index in [0.29, 0.717) is 22.3 Å². The predicted octanol–water partition coefficient (Wildman–Crippen LogP) is 3.66. The Morgan fingerprint density at radius 2 is 2.10 bits per heavy atom. The summed E-state index contributed by atoms with van der Waals surface area (Å²) >= 11 is 3.04. The number of rotatable bonds is 5. The number of hydrogen-bond donors (Lipinski definition) is 1. The fourth-order valence-corrected chi connectivity index (χ4v) is 3.68. The summed E-state index contributed by atoms with van der Waals surface area (Å²) in [7, 11) is 0. The van der Waals surface area contributed by atoms with Gasteiger partial charge in [-0.1, -0.05) is 25.6 Å². The van der Waals surface area contributed by atoms with Gasteiger partial charge >= 0.3 is 5.97 Å². The molecule has 0 aliphatic rings. The molecule has 0 spiro atoms. The molecule has 5 nitrogen and oxygen atoms in total. The number of aromatic carboxylic acids is 1. The maximum absolute atomic E-state index is 11.4. The Balaban J connectivity index is 2.32. The lowest BCUT2D eigenvalue weighted by Gasteiger charge is -2.11. The van der Waals surface area contributed by atoms with Crippen molar-refractivity contribution in [2.24, 2.45) is 0 Å². The third-order valence-corrected chi connectivity index (χ3v) is 4.94.